The van der Waals surface area contributed by atoms with E-state index >= 15 is 0 Å². The van der Waals surface area contributed by atoms with E-state index < -0.39 is 0 Å². The molecule has 0 saturated heterocycles. The van der Waals surface area contributed by atoms with Crippen LogP contribution in [0.25, 0.3) is 0 Å². The van der Waals surface area contributed by atoms with Crippen molar-refractivity contribution < 1.29 is 19.1 Å². The predicted molar refractivity (Wildman–Crippen MR) is 192 cm³/mol. The lowest BCUT2D eigenvalue weighted by atomic mass is 10.0. The van der Waals surface area contributed by atoms with Crippen molar-refractivity contribution in [3.63, 3.8) is 0 Å². The number of nitrogens with zero attached hydrogens (tertiary/aromatic N) is 3. The van der Waals surface area contributed by atoms with Crippen molar-refractivity contribution in [2.75, 3.05) is 32.8 Å². The van der Waals surface area contributed by atoms with Crippen LogP contribution in [-0.4, -0.2) is 59.2 Å². The number of aromatic nitrogens is 2. The van der Waals surface area contributed by atoms with Crippen LogP contribution in [0.1, 0.15) is 144 Å². The van der Waals surface area contributed by atoms with E-state index in [1.54, 1.807) is 0 Å². The highest BCUT2D eigenvalue weighted by Crippen LogP contribution is 2.15. The average Bonchev–Trinajstić information content (AvgIpc) is 3.39. The Labute approximate surface area is 282 Å². The number of aryl methyl sites for hydroxylation is 2. The molecular formula is C39H69N3O4. The van der Waals surface area contributed by atoms with Gasteiger partial charge >= 0.3 is 11.9 Å². The normalized spacial score (nSPS) is 12.5. The molecule has 0 aromatic carbocycles. The Hall–Kier alpha value is -2.41. The number of hydrogen-bond donors (Lipinski definition) is 0. The molecule has 2 atom stereocenters. The Bertz CT molecular complexity index is 935. The van der Waals surface area contributed by atoms with Crippen LogP contribution in [0.4, 0.5) is 0 Å². The molecule has 7 nitrogen and oxygen atoms in total. The maximum atomic E-state index is 12.2. The van der Waals surface area contributed by atoms with Crippen molar-refractivity contribution in [3.8, 4) is 0 Å². The Morgan fingerprint density at radius 2 is 1.20 bits per heavy atom. The van der Waals surface area contributed by atoms with Crippen molar-refractivity contribution in [1.82, 2.24) is 14.5 Å². The molecule has 0 N–H and O–H groups in total. The number of ether oxygens (including phenoxy) is 2. The Morgan fingerprint density at radius 3 is 1.63 bits per heavy atom. The summed E-state index contributed by atoms with van der Waals surface area (Å²) < 4.78 is 13.2. The van der Waals surface area contributed by atoms with E-state index in [2.05, 4.69) is 81.3 Å². The molecule has 264 valence electrons. The van der Waals surface area contributed by atoms with E-state index in [9.17, 15) is 9.59 Å². The smallest absolute Gasteiger partial charge is 0.306 e. The third kappa shape index (κ3) is 23.9. The maximum Gasteiger partial charge on any atom is 0.306 e. The van der Waals surface area contributed by atoms with Crippen LogP contribution >= 0.6 is 0 Å². The lowest BCUT2D eigenvalue weighted by Crippen LogP contribution is -2.28. The molecule has 1 heterocycles. The third-order valence-electron chi connectivity index (χ3n) is 8.51. The molecule has 1 aromatic heterocycles. The number of hydrogen-bond acceptors (Lipinski definition) is 6. The topological polar surface area (TPSA) is 73.7 Å². The zero-order valence-corrected chi connectivity index (χ0v) is 30.8. The molecule has 0 radical (unpaired) electrons. The van der Waals surface area contributed by atoms with Crippen LogP contribution in [-0.2, 0) is 25.6 Å². The summed E-state index contributed by atoms with van der Waals surface area (Å²) in [7, 11) is 0. The summed E-state index contributed by atoms with van der Waals surface area (Å²) in [6.07, 6.45) is 23.4. The first-order valence-corrected chi connectivity index (χ1v) is 18.3. The summed E-state index contributed by atoms with van der Waals surface area (Å²) in [6.45, 7) is 20.2. The Balaban J connectivity index is 2.24. The molecule has 0 amide bonds. The molecule has 0 aliphatic carbocycles. The van der Waals surface area contributed by atoms with Crippen LogP contribution in [0.3, 0.4) is 0 Å². The molecule has 7 heteroatoms. The van der Waals surface area contributed by atoms with Gasteiger partial charge in [0.25, 0.3) is 0 Å². The summed E-state index contributed by atoms with van der Waals surface area (Å²) in [6, 6.07) is 0. The van der Waals surface area contributed by atoms with Crippen molar-refractivity contribution in [2.45, 2.75) is 151 Å². The van der Waals surface area contributed by atoms with Crippen LogP contribution in [0, 0.1) is 18.8 Å². The fraction of sp³-hybridized carbons (Fsp3) is 0.769. The fourth-order valence-electron chi connectivity index (χ4n) is 5.60. The monoisotopic (exact) mass is 644 g/mol. The third-order valence-corrected chi connectivity index (χ3v) is 8.51. The highest BCUT2D eigenvalue weighted by Gasteiger charge is 2.11. The zero-order chi connectivity index (χ0) is 34.0. The van der Waals surface area contributed by atoms with Gasteiger partial charge in [0.05, 0.1) is 13.2 Å². The molecule has 46 heavy (non-hydrogen) atoms. The quantitative estimate of drug-likeness (QED) is 0.0514. The zero-order valence-electron chi connectivity index (χ0n) is 30.8. The standard InChI is InChI=1S/C39H69N3O4/c1-33(2)19-16-21-35(5)31-38(43)45-29-14-10-8-12-24-41(26-18-27-42-28-23-40-37(42)7)25-13-9-11-15-30-46-39(44)32-36(6)22-17-20-34(3)4/h19-20,23,28,35-36H,8-18,21-22,24-27,29-32H2,1-7H3. The molecular weight excluding hydrogens is 574 g/mol. The van der Waals surface area contributed by atoms with E-state index in [1.165, 1.54) is 24.0 Å². The van der Waals surface area contributed by atoms with Crippen molar-refractivity contribution in [2.24, 2.45) is 11.8 Å². The van der Waals surface area contributed by atoms with Gasteiger partial charge in [0.2, 0.25) is 0 Å². The van der Waals surface area contributed by atoms with Crippen LogP contribution in [0.15, 0.2) is 35.7 Å². The van der Waals surface area contributed by atoms with Crippen molar-refractivity contribution >= 4 is 11.9 Å². The minimum Gasteiger partial charge on any atom is -0.466 e. The Kier molecular flexibility index (Phi) is 24.1. The lowest BCUT2D eigenvalue weighted by Gasteiger charge is -2.22. The van der Waals surface area contributed by atoms with Gasteiger partial charge in [0, 0.05) is 31.8 Å². The van der Waals surface area contributed by atoms with Gasteiger partial charge in [-0.3, -0.25) is 9.59 Å². The number of unbranched alkanes of at least 4 members (excludes halogenated alkanes) is 6. The number of imidazole rings is 1. The fourth-order valence-corrected chi connectivity index (χ4v) is 5.60. The molecule has 0 aliphatic rings. The van der Waals surface area contributed by atoms with Crippen LogP contribution < -0.4 is 0 Å². The van der Waals surface area contributed by atoms with E-state index in [1.807, 2.05) is 6.20 Å². The Morgan fingerprint density at radius 1 is 0.739 bits per heavy atom. The molecule has 0 bridgehead atoms. The van der Waals surface area contributed by atoms with Gasteiger partial charge in [-0.2, -0.15) is 0 Å². The number of esters is 2. The van der Waals surface area contributed by atoms with Gasteiger partial charge in [0.15, 0.2) is 0 Å². The van der Waals surface area contributed by atoms with Gasteiger partial charge in [-0.1, -0.05) is 62.8 Å². The van der Waals surface area contributed by atoms with Crippen molar-refractivity contribution in [1.29, 1.82) is 0 Å². The number of carbonyl (C=O) groups excluding carboxylic acids is 2. The molecule has 2 unspecified atom stereocenters. The summed E-state index contributed by atoms with van der Waals surface area (Å²) >= 11 is 0. The summed E-state index contributed by atoms with van der Waals surface area (Å²) in [5.41, 5.74) is 2.67. The van der Waals surface area contributed by atoms with Crippen LogP contribution in [0.2, 0.25) is 0 Å². The second-order valence-electron chi connectivity index (χ2n) is 14.0. The highest BCUT2D eigenvalue weighted by molar-refractivity contribution is 5.69. The molecule has 0 saturated carbocycles. The first-order chi connectivity index (χ1) is 22.1. The minimum atomic E-state index is -0.0533. The van der Waals surface area contributed by atoms with E-state index in [0.717, 1.165) is 103 Å². The lowest BCUT2D eigenvalue weighted by molar-refractivity contribution is -0.145. The number of rotatable bonds is 28. The van der Waals surface area contributed by atoms with Crippen molar-refractivity contribution in [3.05, 3.63) is 41.5 Å². The molecule has 0 aliphatic heterocycles. The highest BCUT2D eigenvalue weighted by atomic mass is 16.5. The van der Waals surface area contributed by atoms with Crippen LogP contribution in [0.5, 0.6) is 0 Å². The molecule has 1 aromatic rings. The minimum absolute atomic E-state index is 0.0533. The van der Waals surface area contributed by atoms with Gasteiger partial charge in [-0.05, 0) is 124 Å². The second kappa shape index (κ2) is 26.6. The number of carbonyl (C=O) groups is 2. The van der Waals surface area contributed by atoms with Gasteiger partial charge in [-0.15, -0.1) is 0 Å². The molecule has 0 spiro atoms. The molecule has 1 rings (SSSR count). The first kappa shape index (κ1) is 41.6. The predicted octanol–water partition coefficient (Wildman–Crippen LogP) is 9.64. The summed E-state index contributed by atoms with van der Waals surface area (Å²) in [5.74, 6) is 1.70. The van der Waals surface area contributed by atoms with E-state index in [4.69, 9.17) is 9.47 Å². The van der Waals surface area contributed by atoms with Gasteiger partial charge in [-0.25, -0.2) is 4.98 Å². The second-order valence-corrected chi connectivity index (χ2v) is 14.0. The van der Waals surface area contributed by atoms with Gasteiger partial charge in [0.1, 0.15) is 5.82 Å². The van der Waals surface area contributed by atoms with E-state index in [-0.39, 0.29) is 11.9 Å². The summed E-state index contributed by atoms with van der Waals surface area (Å²) in [4.78, 5) is 31.3. The first-order valence-electron chi connectivity index (χ1n) is 18.3. The van der Waals surface area contributed by atoms with Gasteiger partial charge < -0.3 is 18.9 Å². The maximum absolute atomic E-state index is 12.2. The van der Waals surface area contributed by atoms with E-state index in [0.29, 0.717) is 37.9 Å². The number of allylic oxidation sites excluding steroid dienone is 4. The summed E-state index contributed by atoms with van der Waals surface area (Å²) in [5, 5.41) is 0. The average molecular weight is 644 g/mol. The SMILES string of the molecule is CC(C)=CCCC(C)CC(=O)OCCCCCCN(CCCCCCOC(=O)CC(C)CCC=C(C)C)CCCn1ccnc1C. The molecule has 0 fully saturated rings. The largest absolute Gasteiger partial charge is 0.466 e.